The molecule has 3 aromatic rings. The van der Waals surface area contributed by atoms with Gasteiger partial charge in [-0.05, 0) is 55.5 Å². The zero-order valence-electron chi connectivity index (χ0n) is 21.7. The van der Waals surface area contributed by atoms with Crippen LogP contribution in [0.25, 0.3) is 0 Å². The monoisotopic (exact) mass is 543 g/mol. The summed E-state index contributed by atoms with van der Waals surface area (Å²) >= 11 is 1.49. The first-order valence-electron chi connectivity index (χ1n) is 12.9. The van der Waals surface area contributed by atoms with E-state index in [2.05, 4.69) is 4.98 Å². The van der Waals surface area contributed by atoms with Gasteiger partial charge < -0.3 is 15.2 Å². The van der Waals surface area contributed by atoms with E-state index in [1.54, 1.807) is 43.3 Å². The van der Waals surface area contributed by atoms with E-state index in [1.165, 1.54) is 11.3 Å². The predicted molar refractivity (Wildman–Crippen MR) is 148 cm³/mol. The Morgan fingerprint density at radius 3 is 2.46 bits per heavy atom. The van der Waals surface area contributed by atoms with E-state index >= 15 is 0 Å². The number of nitrogens with zero attached hydrogens (tertiary/aromatic N) is 2. The zero-order valence-corrected chi connectivity index (χ0v) is 22.5. The van der Waals surface area contributed by atoms with Gasteiger partial charge in [0.05, 0.1) is 24.7 Å². The highest BCUT2D eigenvalue weighted by Crippen LogP contribution is 2.51. The van der Waals surface area contributed by atoms with Crippen molar-refractivity contribution in [3.63, 3.8) is 0 Å². The Labute approximate surface area is 230 Å². The lowest BCUT2D eigenvalue weighted by Crippen LogP contribution is -2.46. The normalized spacial score (nSPS) is 21.0. The highest BCUT2D eigenvalue weighted by Gasteiger charge is 2.51. The number of ether oxygens (including phenoxy) is 2. The maximum absolute atomic E-state index is 14.6. The van der Waals surface area contributed by atoms with Gasteiger partial charge >= 0.3 is 11.9 Å². The first-order chi connectivity index (χ1) is 19.0. The first-order valence-corrected chi connectivity index (χ1v) is 13.7. The Balaban J connectivity index is 1.80. The van der Waals surface area contributed by atoms with Crippen LogP contribution in [0.5, 0.6) is 0 Å². The average molecular weight is 544 g/mol. The third-order valence-corrected chi connectivity index (χ3v) is 8.02. The number of allylic oxidation sites excluding steroid dienone is 2. The van der Waals surface area contributed by atoms with Crippen molar-refractivity contribution in [1.29, 1.82) is 0 Å². The summed E-state index contributed by atoms with van der Waals surface area (Å²) in [5.74, 6) is -3.80. The van der Waals surface area contributed by atoms with Crippen LogP contribution in [0.1, 0.15) is 42.5 Å². The van der Waals surface area contributed by atoms with Crippen LogP contribution in [-0.2, 0) is 23.9 Å². The van der Waals surface area contributed by atoms with Gasteiger partial charge in [-0.15, -0.1) is 11.3 Å². The number of pyridine rings is 1. The van der Waals surface area contributed by atoms with Crippen molar-refractivity contribution in [2.75, 3.05) is 18.1 Å². The topological polar surface area (TPSA) is 112 Å². The van der Waals surface area contributed by atoms with Gasteiger partial charge in [-0.2, -0.15) is 0 Å². The average Bonchev–Trinajstić information content (AvgIpc) is 3.48. The molecule has 8 nitrogen and oxygen atoms in total. The van der Waals surface area contributed by atoms with Crippen LogP contribution in [-0.4, -0.2) is 35.9 Å². The van der Waals surface area contributed by atoms with Gasteiger partial charge in [0.1, 0.15) is 11.7 Å². The molecule has 39 heavy (non-hydrogen) atoms. The van der Waals surface area contributed by atoms with Crippen LogP contribution in [0.2, 0.25) is 0 Å². The largest absolute Gasteiger partial charge is 0.465 e. The number of thiophene rings is 1. The molecule has 1 aromatic carbocycles. The fourth-order valence-corrected chi connectivity index (χ4v) is 6.33. The lowest BCUT2D eigenvalue weighted by molar-refractivity contribution is -0.152. The minimum atomic E-state index is -1.07. The number of esters is 2. The number of hydrogen-bond acceptors (Lipinski definition) is 9. The molecule has 0 amide bonds. The number of carbonyl (C=O) groups is 3. The molecule has 5 rings (SSSR count). The number of Topliss-reactive ketones (excluding diaryl/α,β-unsaturated/α-hetero) is 1. The maximum Gasteiger partial charge on any atom is 0.338 e. The molecule has 0 radical (unpaired) electrons. The molecule has 1 aliphatic carbocycles. The van der Waals surface area contributed by atoms with Gasteiger partial charge in [0.15, 0.2) is 5.78 Å². The van der Waals surface area contributed by atoms with Crippen molar-refractivity contribution in [3.05, 3.63) is 105 Å². The van der Waals surface area contributed by atoms with Crippen LogP contribution in [0.15, 0.2) is 95.0 Å². The number of benzene rings is 1. The van der Waals surface area contributed by atoms with Crippen LogP contribution >= 0.6 is 11.3 Å². The number of rotatable bonds is 7. The van der Waals surface area contributed by atoms with Crippen molar-refractivity contribution < 1.29 is 23.9 Å². The van der Waals surface area contributed by atoms with E-state index in [1.807, 2.05) is 47.8 Å². The molecule has 3 atom stereocenters. The molecular weight excluding hydrogens is 514 g/mol. The predicted octanol–water partition coefficient (Wildman–Crippen LogP) is 4.67. The number of para-hydroxylation sites is 1. The Morgan fingerprint density at radius 2 is 1.82 bits per heavy atom. The molecule has 3 heterocycles. The van der Waals surface area contributed by atoms with Crippen molar-refractivity contribution >= 4 is 34.7 Å². The molecule has 9 heteroatoms. The molecule has 2 aromatic heterocycles. The summed E-state index contributed by atoms with van der Waals surface area (Å²) in [6.07, 6.45) is 3.57. The standard InChI is InChI=1S/C30H29N3O5S/c1-3-37-29(35)24-20(22-13-9-15-39-22)16-21-25(27(24)34)23(18-10-8-14-32-17-18)26(30(36)38-4-2)28(31)33(21)19-11-6-5-7-12-19/h5-15,17,20,23-24H,3-4,16,31H2,1-2H3/t20-,23+,24-/m1/s1. The number of anilines is 1. The van der Waals surface area contributed by atoms with Gasteiger partial charge in [-0.3, -0.25) is 19.5 Å². The van der Waals surface area contributed by atoms with E-state index in [0.29, 0.717) is 28.9 Å². The van der Waals surface area contributed by atoms with E-state index in [4.69, 9.17) is 15.2 Å². The Morgan fingerprint density at radius 1 is 1.05 bits per heavy atom. The smallest absolute Gasteiger partial charge is 0.338 e. The van der Waals surface area contributed by atoms with E-state index in [0.717, 1.165) is 4.88 Å². The number of nitrogens with two attached hydrogens (primary N) is 1. The van der Waals surface area contributed by atoms with Gasteiger partial charge in [-0.25, -0.2) is 4.79 Å². The molecule has 0 spiro atoms. The second-order valence-corrected chi connectivity index (χ2v) is 10.2. The van der Waals surface area contributed by atoms with Crippen LogP contribution < -0.4 is 10.6 Å². The lowest BCUT2D eigenvalue weighted by Gasteiger charge is -2.43. The summed E-state index contributed by atoms with van der Waals surface area (Å²) in [6, 6.07) is 16.7. The second-order valence-electron chi connectivity index (χ2n) is 9.19. The second kappa shape index (κ2) is 11.2. The summed E-state index contributed by atoms with van der Waals surface area (Å²) in [4.78, 5) is 48.3. The molecule has 0 bridgehead atoms. The summed E-state index contributed by atoms with van der Waals surface area (Å²) in [7, 11) is 0. The number of carbonyl (C=O) groups excluding carboxylic acids is 3. The van der Waals surface area contributed by atoms with Crippen LogP contribution in [0, 0.1) is 5.92 Å². The fourth-order valence-electron chi connectivity index (χ4n) is 5.46. The fraction of sp³-hybridized carbons (Fsp3) is 0.267. The van der Waals surface area contributed by atoms with E-state index in [-0.39, 0.29) is 24.6 Å². The lowest BCUT2D eigenvalue weighted by atomic mass is 9.68. The van der Waals surface area contributed by atoms with E-state index in [9.17, 15) is 14.4 Å². The summed E-state index contributed by atoms with van der Waals surface area (Å²) in [5.41, 5.74) is 9.23. The van der Waals surface area contributed by atoms with Gasteiger partial charge in [0.2, 0.25) is 0 Å². The quantitative estimate of drug-likeness (QED) is 0.338. The first kappa shape index (κ1) is 26.4. The van der Waals surface area contributed by atoms with Gasteiger partial charge in [-0.1, -0.05) is 30.3 Å². The highest BCUT2D eigenvalue weighted by atomic mass is 32.1. The Bertz CT molecular complexity index is 1430. The Hall–Kier alpha value is -4.24. The van der Waals surface area contributed by atoms with Crippen molar-refractivity contribution in [1.82, 2.24) is 4.98 Å². The van der Waals surface area contributed by atoms with Crippen molar-refractivity contribution in [2.45, 2.75) is 32.1 Å². The highest BCUT2D eigenvalue weighted by molar-refractivity contribution is 7.10. The third kappa shape index (κ3) is 4.74. The zero-order chi connectivity index (χ0) is 27.5. The van der Waals surface area contributed by atoms with Crippen LogP contribution in [0.3, 0.4) is 0 Å². The molecule has 2 N–H and O–H groups in total. The minimum Gasteiger partial charge on any atom is -0.465 e. The molecule has 2 aliphatic rings. The molecule has 0 fully saturated rings. The molecular formula is C30H29N3O5S. The molecule has 1 aliphatic heterocycles. The summed E-state index contributed by atoms with van der Waals surface area (Å²) in [6.45, 7) is 3.71. The van der Waals surface area contributed by atoms with Gasteiger partial charge in [0.25, 0.3) is 0 Å². The number of ketones is 1. The minimum absolute atomic E-state index is 0.131. The van der Waals surface area contributed by atoms with Crippen molar-refractivity contribution in [2.24, 2.45) is 11.7 Å². The molecule has 0 saturated heterocycles. The maximum atomic E-state index is 14.6. The molecule has 0 unspecified atom stereocenters. The van der Waals surface area contributed by atoms with Crippen LogP contribution in [0.4, 0.5) is 5.69 Å². The third-order valence-electron chi connectivity index (χ3n) is 7.02. The van der Waals surface area contributed by atoms with Crippen molar-refractivity contribution in [3.8, 4) is 0 Å². The van der Waals surface area contributed by atoms with E-state index < -0.39 is 35.5 Å². The van der Waals surface area contributed by atoms with Gasteiger partial charge in [0, 0.05) is 40.1 Å². The summed E-state index contributed by atoms with van der Waals surface area (Å²) in [5, 5.41) is 1.92. The molecule has 0 saturated carbocycles. The number of hydrogen-bond donors (Lipinski definition) is 1. The SMILES string of the molecule is CCOC(=O)C1=C(N)N(c2ccccc2)C2=C(C(=O)[C@H](C(=O)OCC)[C@@H](c3cccs3)C2)[C@@H]1c1cccnc1. The number of aromatic nitrogens is 1. The molecule has 200 valence electrons. The summed E-state index contributed by atoms with van der Waals surface area (Å²) < 4.78 is 10.9. The Kier molecular flexibility index (Phi) is 7.60.